The van der Waals surface area contributed by atoms with Crippen molar-refractivity contribution in [3.8, 4) is 0 Å². The van der Waals surface area contributed by atoms with E-state index in [9.17, 15) is 4.79 Å². The molecule has 0 aliphatic carbocycles. The van der Waals surface area contributed by atoms with Crippen molar-refractivity contribution >= 4 is 17.6 Å². The van der Waals surface area contributed by atoms with Gasteiger partial charge in [0.1, 0.15) is 0 Å². The molecule has 0 fully saturated rings. The molecule has 1 unspecified atom stereocenters. The summed E-state index contributed by atoms with van der Waals surface area (Å²) in [5.74, 6) is -0.415. The topological polar surface area (TPSA) is 39.2 Å². The Morgan fingerprint density at radius 2 is 2.11 bits per heavy atom. The number of aromatic nitrogens is 1. The van der Waals surface area contributed by atoms with Crippen LogP contribution < -0.4 is 0 Å². The number of carbonyl (C=O) groups is 1. The minimum Gasteiger partial charge on any atom is -0.459 e. The highest BCUT2D eigenvalue weighted by Gasteiger charge is 2.20. The van der Waals surface area contributed by atoms with Gasteiger partial charge in [0, 0.05) is 17.3 Å². The van der Waals surface area contributed by atoms with E-state index in [1.54, 1.807) is 6.07 Å². The van der Waals surface area contributed by atoms with E-state index in [1.807, 2.05) is 34.6 Å². The van der Waals surface area contributed by atoms with Gasteiger partial charge in [0.15, 0.2) is 0 Å². The fourth-order valence-electron chi connectivity index (χ4n) is 1.32. The molecule has 1 rings (SSSR count). The van der Waals surface area contributed by atoms with Crippen LogP contribution in [0, 0.1) is 0 Å². The van der Waals surface area contributed by atoms with E-state index in [1.165, 1.54) is 6.20 Å². The third kappa shape index (κ3) is 3.70. The Hall–Kier alpha value is -1.09. The molecule has 0 aromatic carbocycles. The van der Waals surface area contributed by atoms with Crippen molar-refractivity contribution in [3.05, 3.63) is 28.5 Å². The van der Waals surface area contributed by atoms with Crippen molar-refractivity contribution < 1.29 is 9.53 Å². The number of carbonyl (C=O) groups excluding carboxylic acids is 1. The van der Waals surface area contributed by atoms with Crippen LogP contribution in [0.4, 0.5) is 0 Å². The van der Waals surface area contributed by atoms with Gasteiger partial charge in [-0.15, -0.1) is 0 Å². The fourth-order valence-corrected chi connectivity index (χ4v) is 1.55. The third-order valence-electron chi connectivity index (χ3n) is 2.72. The Morgan fingerprint density at radius 3 is 2.56 bits per heavy atom. The Kier molecular flexibility index (Phi) is 4.74. The van der Waals surface area contributed by atoms with E-state index in [-0.39, 0.29) is 11.5 Å². The predicted molar refractivity (Wildman–Crippen MR) is 73.1 cm³/mol. The van der Waals surface area contributed by atoms with Crippen LogP contribution in [0.2, 0.25) is 5.02 Å². The Labute approximate surface area is 114 Å². The average molecular weight is 270 g/mol. The Morgan fingerprint density at radius 1 is 1.50 bits per heavy atom. The first kappa shape index (κ1) is 15.0. The van der Waals surface area contributed by atoms with Crippen LogP contribution in [0.5, 0.6) is 0 Å². The maximum atomic E-state index is 11.8. The van der Waals surface area contributed by atoms with Crippen molar-refractivity contribution in [2.75, 3.05) is 0 Å². The highest BCUT2D eigenvalue weighted by atomic mass is 35.5. The zero-order chi connectivity index (χ0) is 13.9. The SMILES string of the molecule is CCC(C)OC(=O)c1cnc(C(C)(C)C)cc1Cl. The molecule has 0 aliphatic heterocycles. The summed E-state index contributed by atoms with van der Waals surface area (Å²) in [6.45, 7) is 9.94. The van der Waals surface area contributed by atoms with Gasteiger partial charge in [-0.2, -0.15) is 0 Å². The summed E-state index contributed by atoms with van der Waals surface area (Å²) in [6, 6.07) is 1.73. The van der Waals surface area contributed by atoms with Crippen LogP contribution in [0.25, 0.3) is 0 Å². The zero-order valence-electron chi connectivity index (χ0n) is 11.6. The third-order valence-corrected chi connectivity index (χ3v) is 3.04. The van der Waals surface area contributed by atoms with Gasteiger partial charge in [0.25, 0.3) is 0 Å². The van der Waals surface area contributed by atoms with E-state index in [2.05, 4.69) is 4.98 Å². The second-order valence-electron chi connectivity index (χ2n) is 5.42. The summed E-state index contributed by atoms with van der Waals surface area (Å²) in [6.07, 6.45) is 2.15. The van der Waals surface area contributed by atoms with E-state index >= 15 is 0 Å². The summed E-state index contributed by atoms with van der Waals surface area (Å²) in [7, 11) is 0. The lowest BCUT2D eigenvalue weighted by Gasteiger charge is -2.18. The van der Waals surface area contributed by atoms with Crippen molar-refractivity contribution in [1.82, 2.24) is 4.98 Å². The van der Waals surface area contributed by atoms with Crippen molar-refractivity contribution in [2.24, 2.45) is 0 Å². The molecule has 0 spiro atoms. The van der Waals surface area contributed by atoms with Crippen molar-refractivity contribution in [1.29, 1.82) is 0 Å². The molecular formula is C14H20ClNO2. The monoisotopic (exact) mass is 269 g/mol. The molecule has 0 saturated carbocycles. The van der Waals surface area contributed by atoms with Gasteiger partial charge in [0.2, 0.25) is 0 Å². The van der Waals surface area contributed by atoms with Crippen LogP contribution in [0.1, 0.15) is 57.1 Å². The molecule has 3 nitrogen and oxygen atoms in total. The molecule has 0 amide bonds. The molecular weight excluding hydrogens is 250 g/mol. The second-order valence-corrected chi connectivity index (χ2v) is 5.83. The molecule has 0 aliphatic rings. The lowest BCUT2D eigenvalue weighted by atomic mass is 9.91. The van der Waals surface area contributed by atoms with Gasteiger partial charge in [-0.25, -0.2) is 4.79 Å². The molecule has 1 atom stereocenters. The smallest absolute Gasteiger partial charge is 0.341 e. The number of rotatable bonds is 3. The molecule has 0 N–H and O–H groups in total. The van der Waals surface area contributed by atoms with Crippen LogP contribution in [0.3, 0.4) is 0 Å². The molecule has 1 aromatic heterocycles. The lowest BCUT2D eigenvalue weighted by molar-refractivity contribution is 0.0334. The van der Waals surface area contributed by atoms with E-state index < -0.39 is 5.97 Å². The molecule has 4 heteroatoms. The summed E-state index contributed by atoms with van der Waals surface area (Å²) in [4.78, 5) is 16.1. The quantitative estimate of drug-likeness (QED) is 0.779. The van der Waals surface area contributed by atoms with Gasteiger partial charge in [-0.1, -0.05) is 39.3 Å². The number of hydrogen-bond donors (Lipinski definition) is 0. The molecule has 1 heterocycles. The highest BCUT2D eigenvalue weighted by molar-refractivity contribution is 6.33. The maximum absolute atomic E-state index is 11.8. The number of hydrogen-bond acceptors (Lipinski definition) is 3. The standard InChI is InChI=1S/C14H20ClNO2/c1-6-9(2)18-13(17)10-8-16-12(7-11(10)15)14(3,4)5/h7-9H,6H2,1-5H3. The molecule has 100 valence electrons. The summed E-state index contributed by atoms with van der Waals surface area (Å²) in [5.41, 5.74) is 1.08. The average Bonchev–Trinajstić information content (AvgIpc) is 2.27. The fraction of sp³-hybridized carbons (Fsp3) is 0.571. The van der Waals surface area contributed by atoms with Crippen molar-refractivity contribution in [3.63, 3.8) is 0 Å². The molecule has 0 saturated heterocycles. The largest absolute Gasteiger partial charge is 0.459 e. The Balaban J connectivity index is 2.96. The van der Waals surface area contributed by atoms with Crippen LogP contribution in [-0.2, 0) is 10.2 Å². The number of ether oxygens (including phenoxy) is 1. The second kappa shape index (κ2) is 5.70. The van der Waals surface area contributed by atoms with E-state index in [0.717, 1.165) is 12.1 Å². The molecule has 0 bridgehead atoms. The first-order valence-corrected chi connectivity index (χ1v) is 6.50. The number of esters is 1. The van der Waals surface area contributed by atoms with Gasteiger partial charge in [-0.3, -0.25) is 4.98 Å². The van der Waals surface area contributed by atoms with Crippen LogP contribution in [-0.4, -0.2) is 17.1 Å². The van der Waals surface area contributed by atoms with Crippen molar-refractivity contribution in [2.45, 2.75) is 52.6 Å². The zero-order valence-corrected chi connectivity index (χ0v) is 12.3. The molecule has 18 heavy (non-hydrogen) atoms. The maximum Gasteiger partial charge on any atom is 0.341 e. The first-order valence-electron chi connectivity index (χ1n) is 6.12. The minimum atomic E-state index is -0.415. The number of nitrogens with zero attached hydrogens (tertiary/aromatic N) is 1. The minimum absolute atomic E-state index is 0.0945. The molecule has 0 radical (unpaired) electrons. The van der Waals surface area contributed by atoms with E-state index in [0.29, 0.717) is 10.6 Å². The Bertz CT molecular complexity index is 438. The number of pyridine rings is 1. The number of halogens is 1. The summed E-state index contributed by atoms with van der Waals surface area (Å²) in [5, 5.41) is 0.392. The van der Waals surface area contributed by atoms with Gasteiger partial charge in [-0.05, 0) is 19.4 Å². The first-order chi connectivity index (χ1) is 8.25. The molecule has 1 aromatic rings. The van der Waals surface area contributed by atoms with E-state index in [4.69, 9.17) is 16.3 Å². The summed E-state index contributed by atoms with van der Waals surface area (Å²) < 4.78 is 5.23. The normalized spacial score (nSPS) is 13.2. The van der Waals surface area contributed by atoms with Gasteiger partial charge in [0.05, 0.1) is 16.7 Å². The highest BCUT2D eigenvalue weighted by Crippen LogP contribution is 2.25. The van der Waals surface area contributed by atoms with Crippen LogP contribution in [0.15, 0.2) is 12.3 Å². The van der Waals surface area contributed by atoms with Crippen LogP contribution >= 0.6 is 11.6 Å². The van der Waals surface area contributed by atoms with Gasteiger partial charge >= 0.3 is 5.97 Å². The lowest BCUT2D eigenvalue weighted by Crippen LogP contribution is -2.17. The summed E-state index contributed by atoms with van der Waals surface area (Å²) >= 11 is 6.12. The van der Waals surface area contributed by atoms with Gasteiger partial charge < -0.3 is 4.74 Å². The predicted octanol–water partition coefficient (Wildman–Crippen LogP) is 3.99.